The lowest BCUT2D eigenvalue weighted by molar-refractivity contribution is 0.0686. The molecule has 0 saturated carbocycles. The molecule has 3 N–H and O–H groups in total. The Hall–Kier alpha value is -4.94. The number of carboxylic acids is 2. The average Bonchev–Trinajstić information content (AvgIpc) is 3.41. The highest BCUT2D eigenvalue weighted by Gasteiger charge is 2.26. The topological polar surface area (TPSA) is 139 Å². The molecule has 4 aromatic rings. The van der Waals surface area contributed by atoms with Gasteiger partial charge in [-0.3, -0.25) is 4.57 Å². The monoisotopic (exact) mass is 513 g/mol. The first kappa shape index (κ1) is 25.2. The quantitative estimate of drug-likeness (QED) is 0.305. The molecule has 0 radical (unpaired) electrons. The van der Waals surface area contributed by atoms with Gasteiger partial charge >= 0.3 is 11.9 Å². The molecule has 13 heteroatoms. The Morgan fingerprint density at radius 3 is 2.35 bits per heavy atom. The number of anilines is 1. The van der Waals surface area contributed by atoms with Gasteiger partial charge in [-0.1, -0.05) is 0 Å². The van der Waals surface area contributed by atoms with Gasteiger partial charge in [-0.05, 0) is 35.9 Å². The maximum absolute atomic E-state index is 15.4. The maximum atomic E-state index is 15.4. The number of benzene rings is 2. The fourth-order valence-electron chi connectivity index (χ4n) is 3.60. The van der Waals surface area contributed by atoms with E-state index in [9.17, 15) is 28.6 Å². The van der Waals surface area contributed by atoms with Crippen molar-refractivity contribution in [1.82, 2.24) is 19.7 Å². The minimum atomic E-state index is -1.60. The van der Waals surface area contributed by atoms with E-state index in [1.807, 2.05) is 0 Å². The number of rotatable bonds is 9. The third-order valence-corrected chi connectivity index (χ3v) is 5.39. The highest BCUT2D eigenvalue weighted by Crippen LogP contribution is 2.34. The molecule has 0 spiro atoms. The van der Waals surface area contributed by atoms with Gasteiger partial charge in [0.05, 0.1) is 29.0 Å². The summed E-state index contributed by atoms with van der Waals surface area (Å²) in [5.74, 6) is -6.91. The summed E-state index contributed by atoms with van der Waals surface area (Å²) in [7, 11) is 1.46. The van der Waals surface area contributed by atoms with Crippen molar-refractivity contribution in [1.29, 1.82) is 0 Å². The number of nitrogens with zero attached hydrogens (tertiary/aromatic N) is 4. The summed E-state index contributed by atoms with van der Waals surface area (Å²) < 4.78 is 51.2. The number of carboxylic acid groups (broad SMARTS) is 2. The Kier molecular flexibility index (Phi) is 7.04. The first-order valence-electron chi connectivity index (χ1n) is 10.6. The normalized spacial score (nSPS) is 10.8. The van der Waals surface area contributed by atoms with E-state index in [0.29, 0.717) is 11.9 Å². The SMILES string of the molecule is CNc1cc(CCOc2c(F)cc(C(=O)O)c(-c3ccc(-n4ccnc4)nn3)c2F)c(F)cc1C(=O)O. The van der Waals surface area contributed by atoms with Gasteiger partial charge in [-0.2, -0.15) is 0 Å². The predicted molar refractivity (Wildman–Crippen MR) is 124 cm³/mol. The smallest absolute Gasteiger partial charge is 0.337 e. The van der Waals surface area contributed by atoms with E-state index in [1.54, 1.807) is 6.20 Å². The molecule has 37 heavy (non-hydrogen) atoms. The van der Waals surface area contributed by atoms with Crippen LogP contribution in [0.25, 0.3) is 17.1 Å². The van der Waals surface area contributed by atoms with E-state index in [-0.39, 0.29) is 28.9 Å². The lowest BCUT2D eigenvalue weighted by Crippen LogP contribution is -2.11. The molecule has 0 bridgehead atoms. The summed E-state index contributed by atoms with van der Waals surface area (Å²) in [6.07, 6.45) is 4.38. The number of aromatic nitrogens is 4. The summed E-state index contributed by atoms with van der Waals surface area (Å²) >= 11 is 0. The molecule has 0 saturated heterocycles. The molecule has 0 aliphatic rings. The van der Waals surface area contributed by atoms with Crippen LogP contribution in [0.4, 0.5) is 18.9 Å². The minimum absolute atomic E-state index is 0.0403. The second-order valence-electron chi connectivity index (χ2n) is 7.62. The van der Waals surface area contributed by atoms with Crippen molar-refractivity contribution in [3.05, 3.63) is 83.2 Å². The molecule has 2 aromatic carbocycles. The Labute approximate surface area is 207 Å². The Morgan fingerprint density at radius 1 is 1.03 bits per heavy atom. The molecular weight excluding hydrogens is 495 g/mol. The fourth-order valence-corrected chi connectivity index (χ4v) is 3.60. The number of imidazole rings is 1. The molecule has 0 aliphatic carbocycles. The van der Waals surface area contributed by atoms with Gasteiger partial charge in [0.1, 0.15) is 12.1 Å². The molecule has 4 rings (SSSR count). The van der Waals surface area contributed by atoms with Gasteiger partial charge in [0.15, 0.2) is 23.2 Å². The molecule has 0 fully saturated rings. The van der Waals surface area contributed by atoms with Crippen LogP contribution in [0.3, 0.4) is 0 Å². The van der Waals surface area contributed by atoms with Gasteiger partial charge in [-0.25, -0.2) is 27.7 Å². The number of hydrogen-bond donors (Lipinski definition) is 3. The van der Waals surface area contributed by atoms with Gasteiger partial charge in [0.25, 0.3) is 0 Å². The number of aromatic carboxylic acids is 2. The van der Waals surface area contributed by atoms with Gasteiger partial charge in [0.2, 0.25) is 0 Å². The molecule has 0 unspecified atom stereocenters. The van der Waals surface area contributed by atoms with Crippen LogP contribution >= 0.6 is 0 Å². The Morgan fingerprint density at radius 2 is 1.76 bits per heavy atom. The average molecular weight is 513 g/mol. The standard InChI is InChI=1S/C24H18F3N5O5/c1-28-18-8-12(15(25)9-13(18)23(33)34)4-7-37-22-16(26)10-14(24(35)36)20(21(22)27)17-2-3-19(31-30-17)32-6-5-29-11-32/h2-3,5-6,8-11,28H,4,7H2,1H3,(H,33,34)(H,35,36). The number of carbonyl (C=O) groups is 2. The van der Waals surface area contributed by atoms with Gasteiger partial charge in [0, 0.05) is 31.5 Å². The molecule has 0 atom stereocenters. The van der Waals surface area contributed by atoms with Crippen LogP contribution in [0.15, 0.2) is 49.1 Å². The summed E-state index contributed by atoms with van der Waals surface area (Å²) in [6, 6.07) is 5.44. The van der Waals surface area contributed by atoms with E-state index >= 15 is 4.39 Å². The van der Waals surface area contributed by atoms with Crippen LogP contribution in [-0.2, 0) is 6.42 Å². The predicted octanol–water partition coefficient (Wildman–Crippen LogP) is 3.81. The van der Waals surface area contributed by atoms with E-state index in [0.717, 1.165) is 6.07 Å². The molecule has 190 valence electrons. The third-order valence-electron chi connectivity index (χ3n) is 5.39. The third kappa shape index (κ3) is 5.05. The van der Waals surface area contributed by atoms with Crippen molar-refractivity contribution in [2.75, 3.05) is 19.0 Å². The Balaban J connectivity index is 1.63. The lowest BCUT2D eigenvalue weighted by atomic mass is 10.0. The summed E-state index contributed by atoms with van der Waals surface area (Å²) in [5, 5.41) is 29.1. The molecule has 0 amide bonds. The second kappa shape index (κ2) is 10.4. The van der Waals surface area contributed by atoms with Crippen molar-refractivity contribution in [3.63, 3.8) is 0 Å². The highest BCUT2D eigenvalue weighted by atomic mass is 19.1. The van der Waals surface area contributed by atoms with Gasteiger partial charge < -0.3 is 20.3 Å². The van der Waals surface area contributed by atoms with E-state index in [2.05, 4.69) is 20.5 Å². The largest absolute Gasteiger partial charge is 0.487 e. The van der Waals surface area contributed by atoms with E-state index in [1.165, 1.54) is 42.3 Å². The number of hydrogen-bond acceptors (Lipinski definition) is 7. The Bertz CT molecular complexity index is 1480. The lowest BCUT2D eigenvalue weighted by Gasteiger charge is -2.14. The number of halogens is 3. The molecule has 2 aromatic heterocycles. The van der Waals surface area contributed by atoms with Crippen LogP contribution in [0.2, 0.25) is 0 Å². The number of nitrogens with one attached hydrogen (secondary N) is 1. The fraction of sp³-hybridized carbons (Fsp3) is 0.125. The second-order valence-corrected chi connectivity index (χ2v) is 7.62. The van der Waals surface area contributed by atoms with Crippen LogP contribution in [0, 0.1) is 17.5 Å². The van der Waals surface area contributed by atoms with Crippen molar-refractivity contribution in [2.45, 2.75) is 6.42 Å². The zero-order valence-electron chi connectivity index (χ0n) is 19.1. The first-order valence-corrected chi connectivity index (χ1v) is 10.6. The van der Waals surface area contributed by atoms with E-state index < -0.39 is 52.9 Å². The highest BCUT2D eigenvalue weighted by molar-refractivity contribution is 5.96. The zero-order chi connectivity index (χ0) is 26.7. The van der Waals surface area contributed by atoms with Crippen LogP contribution in [0.1, 0.15) is 26.3 Å². The molecular formula is C24H18F3N5O5. The molecule has 2 heterocycles. The van der Waals surface area contributed by atoms with Crippen LogP contribution < -0.4 is 10.1 Å². The van der Waals surface area contributed by atoms with Gasteiger partial charge in [-0.15, -0.1) is 10.2 Å². The summed E-state index contributed by atoms with van der Waals surface area (Å²) in [5.41, 5.74) is -1.51. The van der Waals surface area contributed by atoms with Crippen molar-refractivity contribution < 1.29 is 37.7 Å². The van der Waals surface area contributed by atoms with Crippen molar-refractivity contribution in [3.8, 4) is 22.8 Å². The van der Waals surface area contributed by atoms with Crippen LogP contribution in [-0.4, -0.2) is 55.6 Å². The van der Waals surface area contributed by atoms with E-state index in [4.69, 9.17) is 4.74 Å². The number of ether oxygens (including phenoxy) is 1. The molecule has 10 nitrogen and oxygen atoms in total. The first-order chi connectivity index (χ1) is 17.7. The minimum Gasteiger partial charge on any atom is -0.487 e. The maximum Gasteiger partial charge on any atom is 0.337 e. The zero-order valence-corrected chi connectivity index (χ0v) is 19.1. The van der Waals surface area contributed by atoms with Crippen molar-refractivity contribution >= 4 is 17.6 Å². The summed E-state index contributed by atoms with van der Waals surface area (Å²) in [6.45, 7) is -0.405. The molecule has 0 aliphatic heterocycles. The van der Waals surface area contributed by atoms with Crippen molar-refractivity contribution in [2.24, 2.45) is 0 Å². The van der Waals surface area contributed by atoms with Crippen LogP contribution in [0.5, 0.6) is 5.75 Å². The summed E-state index contributed by atoms with van der Waals surface area (Å²) in [4.78, 5) is 26.8.